The lowest BCUT2D eigenvalue weighted by molar-refractivity contribution is 0.184. The van der Waals surface area contributed by atoms with Gasteiger partial charge < -0.3 is 10.1 Å². The van der Waals surface area contributed by atoms with Crippen molar-refractivity contribution in [2.75, 3.05) is 19.8 Å². The van der Waals surface area contributed by atoms with Crippen LogP contribution in [0.1, 0.15) is 19.3 Å². The van der Waals surface area contributed by atoms with Crippen molar-refractivity contribution in [3.05, 3.63) is 12.2 Å². The minimum absolute atomic E-state index is 0.714. The molecule has 1 aliphatic carbocycles. The summed E-state index contributed by atoms with van der Waals surface area (Å²) in [4.78, 5) is 0. The topological polar surface area (TPSA) is 21.3 Å². The van der Waals surface area contributed by atoms with E-state index in [9.17, 15) is 0 Å². The Morgan fingerprint density at radius 3 is 2.83 bits per heavy atom. The summed E-state index contributed by atoms with van der Waals surface area (Å²) in [6.45, 7) is 3.08. The molecule has 12 heavy (non-hydrogen) atoms. The van der Waals surface area contributed by atoms with E-state index in [1.54, 1.807) is 0 Å². The van der Waals surface area contributed by atoms with Crippen molar-refractivity contribution in [2.24, 2.45) is 5.92 Å². The minimum atomic E-state index is 0.714. The van der Waals surface area contributed by atoms with Gasteiger partial charge in [-0.3, -0.25) is 0 Å². The monoisotopic (exact) mass is 167 g/mol. The molecule has 0 aromatic rings. The van der Waals surface area contributed by atoms with Crippen molar-refractivity contribution in [3.8, 4) is 0 Å². The molecular formula is C10H17NO. The van der Waals surface area contributed by atoms with Crippen LogP contribution in [0.25, 0.3) is 0 Å². The number of hydrogen-bond donors (Lipinski definition) is 1. The van der Waals surface area contributed by atoms with Gasteiger partial charge in [0.25, 0.3) is 0 Å². The van der Waals surface area contributed by atoms with Crippen molar-refractivity contribution in [1.82, 2.24) is 5.32 Å². The number of rotatable bonds is 3. The number of hydrogen-bond acceptors (Lipinski definition) is 2. The Morgan fingerprint density at radius 1 is 1.33 bits per heavy atom. The Bertz CT molecular complexity index is 151. The lowest BCUT2D eigenvalue weighted by atomic mass is 10.1. The van der Waals surface area contributed by atoms with Crippen LogP contribution in [0.2, 0.25) is 0 Å². The minimum Gasteiger partial charge on any atom is -0.381 e. The van der Waals surface area contributed by atoms with Gasteiger partial charge in [0.2, 0.25) is 0 Å². The van der Waals surface area contributed by atoms with Crippen LogP contribution >= 0.6 is 0 Å². The Morgan fingerprint density at radius 2 is 2.17 bits per heavy atom. The molecule has 68 valence electrons. The van der Waals surface area contributed by atoms with Gasteiger partial charge in [0.15, 0.2) is 0 Å². The van der Waals surface area contributed by atoms with Gasteiger partial charge in [-0.25, -0.2) is 0 Å². The highest BCUT2D eigenvalue weighted by Gasteiger charge is 2.17. The standard InChI is InChI=1S/C10H17NO/c1-2-4-10(3-1)11-7-9-5-6-12-8-9/h1-2,9-11H,3-8H2. The zero-order chi connectivity index (χ0) is 8.23. The molecule has 0 aromatic heterocycles. The SMILES string of the molecule is C1=CCC(NCC2CCOC2)C1. The van der Waals surface area contributed by atoms with Crippen LogP contribution in [0.5, 0.6) is 0 Å². The Hall–Kier alpha value is -0.340. The van der Waals surface area contributed by atoms with E-state index in [1.165, 1.54) is 19.3 Å². The lowest BCUT2D eigenvalue weighted by Gasteiger charge is -2.14. The van der Waals surface area contributed by atoms with Crippen molar-refractivity contribution < 1.29 is 4.74 Å². The molecule has 1 fully saturated rings. The molecule has 1 N–H and O–H groups in total. The second-order valence-electron chi connectivity index (χ2n) is 3.78. The maximum Gasteiger partial charge on any atom is 0.0507 e. The van der Waals surface area contributed by atoms with Gasteiger partial charge in [-0.05, 0) is 25.2 Å². The predicted molar refractivity (Wildman–Crippen MR) is 49.1 cm³/mol. The van der Waals surface area contributed by atoms with E-state index < -0.39 is 0 Å². The fraction of sp³-hybridized carbons (Fsp3) is 0.800. The van der Waals surface area contributed by atoms with Crippen LogP contribution in [0.15, 0.2) is 12.2 Å². The number of ether oxygens (including phenoxy) is 1. The highest BCUT2D eigenvalue weighted by molar-refractivity contribution is 4.97. The highest BCUT2D eigenvalue weighted by atomic mass is 16.5. The average molecular weight is 167 g/mol. The van der Waals surface area contributed by atoms with Gasteiger partial charge in [0.05, 0.1) is 6.61 Å². The van der Waals surface area contributed by atoms with Crippen LogP contribution < -0.4 is 5.32 Å². The first-order valence-electron chi connectivity index (χ1n) is 4.91. The van der Waals surface area contributed by atoms with Gasteiger partial charge in [0, 0.05) is 19.2 Å². The second kappa shape index (κ2) is 4.06. The molecule has 1 unspecified atom stereocenters. The molecule has 0 amide bonds. The summed E-state index contributed by atoms with van der Waals surface area (Å²) in [6, 6.07) is 0.714. The molecule has 1 aliphatic heterocycles. The molecule has 0 radical (unpaired) electrons. The van der Waals surface area contributed by atoms with Crippen LogP contribution in [-0.4, -0.2) is 25.8 Å². The van der Waals surface area contributed by atoms with E-state index in [0.717, 1.165) is 25.7 Å². The summed E-state index contributed by atoms with van der Waals surface area (Å²) >= 11 is 0. The molecule has 0 aromatic carbocycles. The molecule has 0 saturated carbocycles. The molecule has 2 heteroatoms. The molecule has 0 spiro atoms. The predicted octanol–water partition coefficient (Wildman–Crippen LogP) is 1.33. The maximum atomic E-state index is 5.32. The van der Waals surface area contributed by atoms with Crippen molar-refractivity contribution in [1.29, 1.82) is 0 Å². The van der Waals surface area contributed by atoms with Gasteiger partial charge >= 0.3 is 0 Å². The van der Waals surface area contributed by atoms with Crippen LogP contribution in [-0.2, 0) is 4.74 Å². The fourth-order valence-electron chi connectivity index (χ4n) is 1.86. The molecule has 2 nitrogen and oxygen atoms in total. The molecule has 2 rings (SSSR count). The molecule has 2 aliphatic rings. The Labute approximate surface area is 74.0 Å². The average Bonchev–Trinajstić information content (AvgIpc) is 2.74. The third-order valence-electron chi connectivity index (χ3n) is 2.73. The maximum absolute atomic E-state index is 5.32. The third-order valence-corrected chi connectivity index (χ3v) is 2.73. The summed E-state index contributed by atoms with van der Waals surface area (Å²) < 4.78 is 5.32. The molecule has 1 heterocycles. The smallest absolute Gasteiger partial charge is 0.0507 e. The second-order valence-corrected chi connectivity index (χ2v) is 3.78. The normalized spacial score (nSPS) is 30.2. The van der Waals surface area contributed by atoms with Gasteiger partial charge in [-0.2, -0.15) is 0 Å². The molecule has 1 atom stereocenters. The lowest BCUT2D eigenvalue weighted by Crippen LogP contribution is -2.31. The van der Waals surface area contributed by atoms with Gasteiger partial charge in [-0.15, -0.1) is 0 Å². The van der Waals surface area contributed by atoms with Crippen molar-refractivity contribution in [3.63, 3.8) is 0 Å². The third kappa shape index (κ3) is 2.08. The van der Waals surface area contributed by atoms with Crippen LogP contribution in [0, 0.1) is 5.92 Å². The van der Waals surface area contributed by atoms with Gasteiger partial charge in [0.1, 0.15) is 0 Å². The van der Waals surface area contributed by atoms with Crippen molar-refractivity contribution >= 4 is 0 Å². The number of nitrogens with one attached hydrogen (secondary N) is 1. The summed E-state index contributed by atoms with van der Waals surface area (Å²) in [6.07, 6.45) is 8.21. The first kappa shape index (κ1) is 8.27. The van der Waals surface area contributed by atoms with Crippen LogP contribution in [0.3, 0.4) is 0 Å². The highest BCUT2D eigenvalue weighted by Crippen LogP contribution is 2.13. The van der Waals surface area contributed by atoms with E-state index >= 15 is 0 Å². The first-order valence-corrected chi connectivity index (χ1v) is 4.91. The summed E-state index contributed by atoms with van der Waals surface area (Å²) in [5.74, 6) is 0.769. The quantitative estimate of drug-likeness (QED) is 0.640. The first-order chi connectivity index (χ1) is 5.95. The molecule has 1 saturated heterocycles. The Balaban J connectivity index is 1.61. The van der Waals surface area contributed by atoms with Crippen molar-refractivity contribution in [2.45, 2.75) is 25.3 Å². The molecule has 0 bridgehead atoms. The van der Waals surface area contributed by atoms with E-state index in [2.05, 4.69) is 17.5 Å². The van der Waals surface area contributed by atoms with Crippen LogP contribution in [0.4, 0.5) is 0 Å². The fourth-order valence-corrected chi connectivity index (χ4v) is 1.86. The summed E-state index contributed by atoms with van der Waals surface area (Å²) in [7, 11) is 0. The van der Waals surface area contributed by atoms with E-state index in [1.807, 2.05) is 0 Å². The largest absolute Gasteiger partial charge is 0.381 e. The van der Waals surface area contributed by atoms with E-state index in [4.69, 9.17) is 4.74 Å². The zero-order valence-electron chi connectivity index (χ0n) is 7.46. The zero-order valence-corrected chi connectivity index (χ0v) is 7.46. The Kier molecular flexibility index (Phi) is 2.79. The van der Waals surface area contributed by atoms with E-state index in [0.29, 0.717) is 6.04 Å². The summed E-state index contributed by atoms with van der Waals surface area (Å²) in [5.41, 5.74) is 0. The summed E-state index contributed by atoms with van der Waals surface area (Å²) in [5, 5.41) is 3.58. The van der Waals surface area contributed by atoms with Gasteiger partial charge in [-0.1, -0.05) is 12.2 Å². The molecular weight excluding hydrogens is 150 g/mol. The van der Waals surface area contributed by atoms with E-state index in [-0.39, 0.29) is 0 Å².